The van der Waals surface area contributed by atoms with Gasteiger partial charge < -0.3 is 4.57 Å². The molecule has 0 spiro atoms. The molecule has 1 nitrogen and oxygen atoms in total. The Hall–Kier alpha value is -1.73. The fraction of sp³-hybridized carbons (Fsp3) is 0.0667. The van der Waals surface area contributed by atoms with Gasteiger partial charge in [0.1, 0.15) is 0 Å². The molecule has 0 atom stereocenters. The second-order valence-electron chi connectivity index (χ2n) is 4.22. The second kappa shape index (κ2) is 3.94. The van der Waals surface area contributed by atoms with Crippen LogP contribution < -0.4 is 0 Å². The van der Waals surface area contributed by atoms with E-state index in [1.807, 2.05) is 18.2 Å². The first-order valence-electron chi connectivity index (χ1n) is 5.58. The minimum atomic E-state index is 0.768. The van der Waals surface area contributed by atoms with Gasteiger partial charge in [-0.25, -0.2) is 0 Å². The molecule has 0 bridgehead atoms. The molecule has 0 unspecified atom stereocenters. The Morgan fingerprint density at radius 1 is 0.941 bits per heavy atom. The van der Waals surface area contributed by atoms with Crippen LogP contribution in [-0.4, -0.2) is 4.57 Å². The summed E-state index contributed by atoms with van der Waals surface area (Å²) >= 11 is 6.05. The second-order valence-corrected chi connectivity index (χ2v) is 4.66. The zero-order chi connectivity index (χ0) is 11.8. The van der Waals surface area contributed by atoms with Crippen molar-refractivity contribution in [1.29, 1.82) is 0 Å². The molecule has 0 fully saturated rings. The van der Waals surface area contributed by atoms with Gasteiger partial charge in [-0.15, -0.1) is 0 Å². The minimum absolute atomic E-state index is 0.768. The third-order valence-corrected chi connectivity index (χ3v) is 3.20. The van der Waals surface area contributed by atoms with Crippen molar-refractivity contribution in [2.24, 2.45) is 0 Å². The van der Waals surface area contributed by atoms with Gasteiger partial charge >= 0.3 is 0 Å². The molecule has 0 saturated carbocycles. The van der Waals surface area contributed by atoms with E-state index in [-0.39, 0.29) is 0 Å². The summed E-state index contributed by atoms with van der Waals surface area (Å²) in [5.41, 5.74) is 3.57. The van der Waals surface area contributed by atoms with Gasteiger partial charge in [-0.3, -0.25) is 0 Å². The van der Waals surface area contributed by atoms with Crippen molar-refractivity contribution in [1.82, 2.24) is 4.57 Å². The first-order valence-corrected chi connectivity index (χ1v) is 5.95. The van der Waals surface area contributed by atoms with Gasteiger partial charge in [0.25, 0.3) is 0 Å². The Bertz CT molecular complexity index is 665. The number of hydrogen-bond donors (Lipinski definition) is 0. The Morgan fingerprint density at radius 3 is 2.47 bits per heavy atom. The molecule has 84 valence electrons. The third kappa shape index (κ3) is 1.83. The number of aryl methyl sites for hydroxylation is 1. The number of fused-ring (bicyclic) bond motifs is 1. The number of aromatic nitrogens is 1. The molecule has 2 aromatic carbocycles. The molecular weight excluding hydrogens is 230 g/mol. The predicted molar refractivity (Wildman–Crippen MR) is 73.0 cm³/mol. The number of rotatable bonds is 1. The van der Waals surface area contributed by atoms with Gasteiger partial charge in [0.15, 0.2) is 0 Å². The zero-order valence-corrected chi connectivity index (χ0v) is 10.3. The van der Waals surface area contributed by atoms with Crippen molar-refractivity contribution < 1.29 is 0 Å². The predicted octanol–water partition coefficient (Wildman–Crippen LogP) is 4.59. The lowest BCUT2D eigenvalue weighted by atomic mass is 10.2. The van der Waals surface area contributed by atoms with Gasteiger partial charge in [-0.1, -0.05) is 35.4 Å². The van der Waals surface area contributed by atoms with Crippen LogP contribution in [0.5, 0.6) is 0 Å². The highest BCUT2D eigenvalue weighted by Gasteiger charge is 2.03. The normalized spacial score (nSPS) is 10.9. The SMILES string of the molecule is Cc1ccc(-n2ccc3ccc(Cl)cc32)cc1. The Morgan fingerprint density at radius 2 is 1.71 bits per heavy atom. The van der Waals surface area contributed by atoms with E-state index in [1.165, 1.54) is 10.9 Å². The summed E-state index contributed by atoms with van der Waals surface area (Å²) in [5, 5.41) is 1.97. The lowest BCUT2D eigenvalue weighted by Gasteiger charge is -2.06. The van der Waals surface area contributed by atoms with E-state index in [2.05, 4.69) is 48.0 Å². The van der Waals surface area contributed by atoms with E-state index in [0.717, 1.165) is 16.2 Å². The van der Waals surface area contributed by atoms with E-state index in [0.29, 0.717) is 0 Å². The standard InChI is InChI=1S/C15H12ClN/c1-11-2-6-14(7-3-11)17-9-8-12-4-5-13(16)10-15(12)17/h2-10H,1H3. The Kier molecular flexibility index (Phi) is 2.41. The fourth-order valence-corrected chi connectivity index (χ4v) is 2.20. The number of nitrogens with zero attached hydrogens (tertiary/aromatic N) is 1. The van der Waals surface area contributed by atoms with Crippen LogP contribution in [-0.2, 0) is 0 Å². The molecule has 1 aromatic heterocycles. The molecule has 0 aliphatic heterocycles. The molecule has 0 aliphatic rings. The van der Waals surface area contributed by atoms with Crippen molar-refractivity contribution >= 4 is 22.5 Å². The lowest BCUT2D eigenvalue weighted by Crippen LogP contribution is -1.91. The average Bonchev–Trinajstić information content (AvgIpc) is 2.73. The summed E-state index contributed by atoms with van der Waals surface area (Å²) in [6.07, 6.45) is 2.08. The zero-order valence-electron chi connectivity index (χ0n) is 9.52. The lowest BCUT2D eigenvalue weighted by molar-refractivity contribution is 1.12. The van der Waals surface area contributed by atoms with E-state index in [4.69, 9.17) is 11.6 Å². The molecule has 17 heavy (non-hydrogen) atoms. The summed E-state index contributed by atoms with van der Waals surface area (Å²) in [6.45, 7) is 2.09. The minimum Gasteiger partial charge on any atom is -0.317 e. The smallest absolute Gasteiger partial charge is 0.0543 e. The van der Waals surface area contributed by atoms with Crippen molar-refractivity contribution in [3.05, 3.63) is 65.3 Å². The molecular formula is C15H12ClN. The summed E-state index contributed by atoms with van der Waals surface area (Å²) in [5.74, 6) is 0. The number of halogens is 1. The third-order valence-electron chi connectivity index (χ3n) is 2.97. The first kappa shape index (κ1) is 10.4. The van der Waals surface area contributed by atoms with Gasteiger partial charge in [-0.05, 0) is 37.3 Å². The van der Waals surface area contributed by atoms with Crippen molar-refractivity contribution in [2.45, 2.75) is 6.92 Å². The highest BCUT2D eigenvalue weighted by Crippen LogP contribution is 2.23. The fourth-order valence-electron chi connectivity index (χ4n) is 2.03. The summed E-state index contributed by atoms with van der Waals surface area (Å²) in [6, 6.07) is 16.5. The van der Waals surface area contributed by atoms with Crippen LogP contribution in [0, 0.1) is 6.92 Å². The summed E-state index contributed by atoms with van der Waals surface area (Å²) in [4.78, 5) is 0. The van der Waals surface area contributed by atoms with Gasteiger partial charge in [0.05, 0.1) is 5.52 Å². The Balaban J connectivity index is 2.23. The highest BCUT2D eigenvalue weighted by molar-refractivity contribution is 6.31. The van der Waals surface area contributed by atoms with Crippen molar-refractivity contribution in [2.75, 3.05) is 0 Å². The van der Waals surface area contributed by atoms with Crippen LogP contribution in [0.4, 0.5) is 0 Å². The first-order chi connectivity index (χ1) is 8.24. The van der Waals surface area contributed by atoms with Gasteiger partial charge in [0, 0.05) is 22.3 Å². The Labute approximate surface area is 105 Å². The molecule has 0 radical (unpaired) electrons. The van der Waals surface area contributed by atoms with Crippen LogP contribution in [0.2, 0.25) is 5.02 Å². The molecule has 0 N–H and O–H groups in total. The molecule has 0 aliphatic carbocycles. The van der Waals surface area contributed by atoms with Crippen molar-refractivity contribution in [3.63, 3.8) is 0 Å². The van der Waals surface area contributed by atoms with E-state index < -0.39 is 0 Å². The highest BCUT2D eigenvalue weighted by atomic mass is 35.5. The van der Waals surface area contributed by atoms with E-state index in [1.54, 1.807) is 0 Å². The largest absolute Gasteiger partial charge is 0.317 e. The monoisotopic (exact) mass is 241 g/mol. The van der Waals surface area contributed by atoms with E-state index in [9.17, 15) is 0 Å². The van der Waals surface area contributed by atoms with Crippen molar-refractivity contribution in [3.8, 4) is 5.69 Å². The van der Waals surface area contributed by atoms with Crippen LogP contribution >= 0.6 is 11.6 Å². The maximum Gasteiger partial charge on any atom is 0.0543 e. The van der Waals surface area contributed by atoms with Gasteiger partial charge in [-0.2, -0.15) is 0 Å². The average molecular weight is 242 g/mol. The maximum atomic E-state index is 6.05. The molecule has 1 heterocycles. The molecule has 0 saturated heterocycles. The summed E-state index contributed by atoms with van der Waals surface area (Å²) < 4.78 is 2.15. The molecule has 2 heteroatoms. The quantitative estimate of drug-likeness (QED) is 0.587. The van der Waals surface area contributed by atoms with Crippen LogP contribution in [0.15, 0.2) is 54.7 Å². The molecule has 0 amide bonds. The summed E-state index contributed by atoms with van der Waals surface area (Å²) in [7, 11) is 0. The topological polar surface area (TPSA) is 4.93 Å². The number of hydrogen-bond acceptors (Lipinski definition) is 0. The van der Waals surface area contributed by atoms with Crippen LogP contribution in [0.3, 0.4) is 0 Å². The van der Waals surface area contributed by atoms with Crippen LogP contribution in [0.1, 0.15) is 5.56 Å². The molecule has 3 aromatic rings. The molecule has 3 rings (SSSR count). The van der Waals surface area contributed by atoms with Crippen LogP contribution in [0.25, 0.3) is 16.6 Å². The maximum absolute atomic E-state index is 6.05. The number of benzene rings is 2. The van der Waals surface area contributed by atoms with Gasteiger partial charge in [0.2, 0.25) is 0 Å². The van der Waals surface area contributed by atoms with E-state index >= 15 is 0 Å².